The van der Waals surface area contributed by atoms with E-state index >= 15 is 0 Å². The van der Waals surface area contributed by atoms with Crippen molar-refractivity contribution in [3.05, 3.63) is 71.3 Å². The van der Waals surface area contributed by atoms with E-state index in [9.17, 15) is 0 Å². The monoisotopic (exact) mass is 499 g/mol. The molecule has 0 aliphatic carbocycles. The van der Waals surface area contributed by atoms with Gasteiger partial charge >= 0.3 is 0 Å². The predicted molar refractivity (Wildman–Crippen MR) is 141 cm³/mol. The van der Waals surface area contributed by atoms with E-state index in [1.165, 1.54) is 0 Å². The maximum Gasteiger partial charge on any atom is 0.211 e. The Balaban J connectivity index is 1.25. The largest absolute Gasteiger partial charge is 0.485 e. The second kappa shape index (κ2) is 7.69. The highest BCUT2D eigenvalue weighted by Crippen LogP contribution is 2.47. The number of hydrogen-bond donors (Lipinski definition) is 1. The van der Waals surface area contributed by atoms with Crippen LogP contribution >= 0.6 is 11.6 Å². The summed E-state index contributed by atoms with van der Waals surface area (Å²) in [7, 11) is 1.90. The Hall–Kier alpha value is -3.62. The summed E-state index contributed by atoms with van der Waals surface area (Å²) in [6.45, 7) is 3.61. The molecule has 2 N–H and O–H groups in total. The van der Waals surface area contributed by atoms with Gasteiger partial charge in [-0.2, -0.15) is 5.10 Å². The van der Waals surface area contributed by atoms with E-state index in [0.29, 0.717) is 5.02 Å². The number of nitrogens with two attached hydrogens (primary N) is 1. The fourth-order valence-corrected chi connectivity index (χ4v) is 6.18. The number of nitrogens with zero attached hydrogens (tertiary/aromatic N) is 6. The van der Waals surface area contributed by atoms with E-state index in [0.717, 1.165) is 76.6 Å². The van der Waals surface area contributed by atoms with Crippen LogP contribution in [-0.2, 0) is 7.05 Å². The summed E-state index contributed by atoms with van der Waals surface area (Å²) in [6, 6.07) is 12.0. The fourth-order valence-electron chi connectivity index (χ4n) is 5.88. The van der Waals surface area contributed by atoms with Crippen LogP contribution in [0, 0.1) is 6.92 Å². The summed E-state index contributed by atoms with van der Waals surface area (Å²) in [5.41, 5.74) is 11.9. The van der Waals surface area contributed by atoms with Crippen LogP contribution in [0.25, 0.3) is 27.7 Å². The number of aromatic nitrogens is 5. The Morgan fingerprint density at radius 3 is 2.75 bits per heavy atom. The molecule has 0 unspecified atom stereocenters. The number of ether oxygens (including phenoxy) is 1. The molecule has 3 aromatic heterocycles. The molecule has 1 saturated heterocycles. The fraction of sp³-hybridized carbons (Fsp3) is 0.296. The zero-order valence-electron chi connectivity index (χ0n) is 20.1. The van der Waals surface area contributed by atoms with Crippen molar-refractivity contribution < 1.29 is 4.74 Å². The first kappa shape index (κ1) is 21.6. The molecule has 182 valence electrons. The molecule has 8 nitrogen and oxygen atoms in total. The highest BCUT2D eigenvalue weighted by molar-refractivity contribution is 6.38. The average Bonchev–Trinajstić information content (AvgIpc) is 3.57. The number of piperidine rings is 1. The molecular weight excluding hydrogens is 474 g/mol. The minimum absolute atomic E-state index is 0.120. The van der Waals surface area contributed by atoms with Crippen molar-refractivity contribution in [3.63, 3.8) is 0 Å². The highest BCUT2D eigenvalue weighted by Gasteiger charge is 2.48. The third-order valence-corrected chi connectivity index (χ3v) is 8.15. The summed E-state index contributed by atoms with van der Waals surface area (Å²) in [4.78, 5) is 12.1. The third-order valence-electron chi connectivity index (χ3n) is 7.74. The van der Waals surface area contributed by atoms with Crippen LogP contribution in [0.15, 0.2) is 55.0 Å². The number of imidazole rings is 1. The molecule has 36 heavy (non-hydrogen) atoms. The lowest BCUT2D eigenvalue weighted by Crippen LogP contribution is -2.52. The van der Waals surface area contributed by atoms with Crippen LogP contribution in [0.1, 0.15) is 30.1 Å². The number of para-hydroxylation sites is 1. The van der Waals surface area contributed by atoms with E-state index in [-0.39, 0.29) is 11.6 Å². The first-order valence-electron chi connectivity index (χ1n) is 12.2. The van der Waals surface area contributed by atoms with E-state index in [1.807, 2.05) is 62.9 Å². The maximum atomic E-state index is 6.88. The van der Waals surface area contributed by atoms with Crippen LogP contribution in [0.3, 0.4) is 0 Å². The van der Waals surface area contributed by atoms with Crippen LogP contribution in [0.2, 0.25) is 5.02 Å². The zero-order chi connectivity index (χ0) is 24.6. The molecule has 1 spiro atoms. The molecule has 2 aliphatic rings. The maximum absolute atomic E-state index is 6.88. The van der Waals surface area contributed by atoms with Crippen LogP contribution in [0.5, 0.6) is 5.75 Å². The Morgan fingerprint density at radius 2 is 1.94 bits per heavy atom. The number of benzene rings is 2. The van der Waals surface area contributed by atoms with Crippen molar-refractivity contribution in [2.75, 3.05) is 18.0 Å². The van der Waals surface area contributed by atoms with Gasteiger partial charge in [0, 0.05) is 73.6 Å². The summed E-state index contributed by atoms with van der Waals surface area (Å²) in [5.74, 6) is 1.79. The van der Waals surface area contributed by atoms with Gasteiger partial charge in [0.25, 0.3) is 0 Å². The lowest BCUT2D eigenvalue weighted by molar-refractivity contribution is 0.0429. The molecule has 0 amide bonds. The summed E-state index contributed by atoms with van der Waals surface area (Å²) >= 11 is 6.88. The van der Waals surface area contributed by atoms with Gasteiger partial charge in [-0.3, -0.25) is 9.08 Å². The van der Waals surface area contributed by atoms with Gasteiger partial charge in [-0.15, -0.1) is 0 Å². The first-order valence-corrected chi connectivity index (χ1v) is 12.6. The number of anilines is 1. The zero-order valence-corrected chi connectivity index (χ0v) is 20.9. The summed E-state index contributed by atoms with van der Waals surface area (Å²) in [5, 5.41) is 6.06. The number of fused-ring (bicyclic) bond motifs is 3. The molecule has 0 bridgehead atoms. The Morgan fingerprint density at radius 1 is 1.14 bits per heavy atom. The molecule has 5 aromatic rings. The minimum atomic E-state index is -0.365. The number of halogens is 1. The molecule has 2 aliphatic heterocycles. The number of hydrogen-bond acceptors (Lipinski definition) is 6. The SMILES string of the molecule is Cc1nc(N2CCC3(CC2)Oc2ccccc2[C@H]3N)n2ccnc2c1-c1ccc2nn(C)cc2c1Cl. The molecule has 0 saturated carbocycles. The number of rotatable bonds is 2. The van der Waals surface area contributed by atoms with Crippen LogP contribution in [0.4, 0.5) is 5.95 Å². The molecule has 7 rings (SSSR count). The van der Waals surface area contributed by atoms with E-state index in [2.05, 4.69) is 20.5 Å². The smallest absolute Gasteiger partial charge is 0.211 e. The van der Waals surface area contributed by atoms with Crippen LogP contribution < -0.4 is 15.4 Å². The van der Waals surface area contributed by atoms with E-state index in [1.54, 1.807) is 4.68 Å². The lowest BCUT2D eigenvalue weighted by Gasteiger charge is -2.41. The lowest BCUT2D eigenvalue weighted by atomic mass is 9.83. The Labute approximate surface area is 213 Å². The van der Waals surface area contributed by atoms with Crippen molar-refractivity contribution in [1.29, 1.82) is 0 Å². The molecule has 0 radical (unpaired) electrons. The van der Waals surface area contributed by atoms with Crippen LogP contribution in [-0.4, -0.2) is 42.8 Å². The van der Waals surface area contributed by atoms with Gasteiger partial charge in [-0.25, -0.2) is 9.97 Å². The molecule has 9 heteroatoms. The molecule has 5 heterocycles. The van der Waals surface area contributed by atoms with Crippen molar-refractivity contribution in [2.45, 2.75) is 31.4 Å². The van der Waals surface area contributed by atoms with Gasteiger partial charge in [0.1, 0.15) is 17.0 Å². The van der Waals surface area contributed by atoms with Gasteiger partial charge in [-0.05, 0) is 19.1 Å². The highest BCUT2D eigenvalue weighted by atomic mass is 35.5. The van der Waals surface area contributed by atoms with E-state index < -0.39 is 0 Å². The summed E-state index contributed by atoms with van der Waals surface area (Å²) in [6.07, 6.45) is 7.38. The molecule has 1 fully saturated rings. The van der Waals surface area contributed by atoms with Crippen molar-refractivity contribution in [2.24, 2.45) is 12.8 Å². The standard InChI is InChI=1S/C27H26ClN7O/c1-16-22(18-7-8-20-19(23(18)28)15-33(2)32-20)25-30-11-14-35(25)26(31-16)34-12-9-27(10-13-34)24(29)17-5-3-4-6-21(17)36-27/h3-8,11,14-15,24H,9-10,12-13,29H2,1-2H3/t24-/m1/s1. The Kier molecular flexibility index (Phi) is 4.62. The van der Waals surface area contributed by atoms with Gasteiger partial charge in [0.15, 0.2) is 0 Å². The van der Waals surface area contributed by atoms with Gasteiger partial charge < -0.3 is 15.4 Å². The first-order chi connectivity index (χ1) is 17.4. The third kappa shape index (κ3) is 3.01. The van der Waals surface area contributed by atoms with Gasteiger partial charge in [-0.1, -0.05) is 35.9 Å². The second-order valence-electron chi connectivity index (χ2n) is 9.83. The quantitative estimate of drug-likeness (QED) is 0.379. The van der Waals surface area contributed by atoms with Crippen molar-refractivity contribution >= 4 is 34.1 Å². The van der Waals surface area contributed by atoms with Crippen molar-refractivity contribution in [1.82, 2.24) is 24.1 Å². The molecule has 2 aromatic carbocycles. The topological polar surface area (TPSA) is 86.5 Å². The molecular formula is C27H26ClN7O. The normalized spacial score (nSPS) is 18.8. The van der Waals surface area contributed by atoms with Gasteiger partial charge in [0.2, 0.25) is 5.95 Å². The summed E-state index contributed by atoms with van der Waals surface area (Å²) < 4.78 is 10.3. The Bertz CT molecular complexity index is 1650. The molecule has 1 atom stereocenters. The average molecular weight is 500 g/mol. The second-order valence-corrected chi connectivity index (χ2v) is 10.2. The van der Waals surface area contributed by atoms with Crippen molar-refractivity contribution in [3.8, 4) is 16.9 Å². The minimum Gasteiger partial charge on any atom is -0.485 e. The predicted octanol–water partition coefficient (Wildman–Crippen LogP) is 4.68. The number of aryl methyl sites for hydroxylation is 2. The van der Waals surface area contributed by atoms with E-state index in [4.69, 9.17) is 32.0 Å². The van der Waals surface area contributed by atoms with Gasteiger partial charge in [0.05, 0.1) is 22.3 Å².